The van der Waals surface area contributed by atoms with Gasteiger partial charge in [-0.05, 0) is 68.7 Å². The van der Waals surface area contributed by atoms with E-state index in [0.29, 0.717) is 35.8 Å². The number of amides is 1. The summed E-state index contributed by atoms with van der Waals surface area (Å²) in [7, 11) is -2.13. The van der Waals surface area contributed by atoms with Gasteiger partial charge in [0, 0.05) is 18.8 Å². The molecule has 2 aromatic carbocycles. The smallest absolute Gasteiger partial charge is 0.266 e. The van der Waals surface area contributed by atoms with E-state index in [0.717, 1.165) is 19.3 Å². The van der Waals surface area contributed by atoms with Gasteiger partial charge in [0.15, 0.2) is 11.5 Å². The number of piperidine rings is 1. The van der Waals surface area contributed by atoms with Gasteiger partial charge >= 0.3 is 0 Å². The second-order valence-corrected chi connectivity index (χ2v) is 10.1. The molecule has 1 fully saturated rings. The van der Waals surface area contributed by atoms with Crippen molar-refractivity contribution in [3.63, 3.8) is 0 Å². The van der Waals surface area contributed by atoms with E-state index in [1.807, 2.05) is 19.9 Å². The summed E-state index contributed by atoms with van der Waals surface area (Å²) < 4.78 is 38.4. The predicted molar refractivity (Wildman–Crippen MR) is 130 cm³/mol. The summed E-state index contributed by atoms with van der Waals surface area (Å²) in [5.41, 5.74) is 0.743. The minimum atomic E-state index is -3.64. The molecule has 1 aliphatic rings. The molecule has 8 nitrogen and oxygen atoms in total. The molecular formula is C25H29N3O5S. The van der Waals surface area contributed by atoms with Gasteiger partial charge in [0.2, 0.25) is 10.0 Å². The van der Waals surface area contributed by atoms with Crippen molar-refractivity contribution in [1.29, 1.82) is 5.26 Å². The predicted octanol–water partition coefficient (Wildman–Crippen LogP) is 4.20. The Hall–Kier alpha value is -3.35. The van der Waals surface area contributed by atoms with Crippen molar-refractivity contribution in [2.75, 3.05) is 25.5 Å². The van der Waals surface area contributed by atoms with E-state index in [9.17, 15) is 18.5 Å². The highest BCUT2D eigenvalue weighted by atomic mass is 32.2. The molecule has 0 atom stereocenters. The fourth-order valence-corrected chi connectivity index (χ4v) is 5.19. The second-order valence-electron chi connectivity index (χ2n) is 8.19. The quantitative estimate of drug-likeness (QED) is 0.445. The van der Waals surface area contributed by atoms with Crippen LogP contribution in [0.3, 0.4) is 0 Å². The average molecular weight is 484 g/mol. The van der Waals surface area contributed by atoms with Crippen LogP contribution in [0.25, 0.3) is 6.08 Å². The second kappa shape index (κ2) is 11.2. The van der Waals surface area contributed by atoms with E-state index in [4.69, 9.17) is 9.47 Å². The third-order valence-corrected chi connectivity index (χ3v) is 7.17. The number of ether oxygens (including phenoxy) is 2. The maximum Gasteiger partial charge on any atom is 0.266 e. The number of nitrogens with zero attached hydrogens (tertiary/aromatic N) is 2. The summed E-state index contributed by atoms with van der Waals surface area (Å²) in [6.07, 6.45) is 4.09. The molecule has 1 saturated heterocycles. The topological polar surface area (TPSA) is 109 Å². The first-order valence-electron chi connectivity index (χ1n) is 11.1. The fourth-order valence-electron chi connectivity index (χ4n) is 3.63. The van der Waals surface area contributed by atoms with Crippen LogP contribution in [-0.4, -0.2) is 44.9 Å². The highest BCUT2D eigenvalue weighted by molar-refractivity contribution is 7.89. The molecule has 0 radical (unpaired) electrons. The Kier molecular flexibility index (Phi) is 8.31. The van der Waals surface area contributed by atoms with E-state index < -0.39 is 15.9 Å². The molecule has 34 heavy (non-hydrogen) atoms. The number of nitriles is 1. The van der Waals surface area contributed by atoms with Crippen molar-refractivity contribution in [3.8, 4) is 17.6 Å². The van der Waals surface area contributed by atoms with Gasteiger partial charge in [-0.15, -0.1) is 0 Å². The fraction of sp³-hybridized carbons (Fsp3) is 0.360. The molecule has 0 aromatic heterocycles. The number of hydrogen-bond acceptors (Lipinski definition) is 6. The Bertz CT molecular complexity index is 1210. The van der Waals surface area contributed by atoms with E-state index >= 15 is 0 Å². The number of anilines is 1. The summed E-state index contributed by atoms with van der Waals surface area (Å²) in [5.74, 6) is 0.400. The van der Waals surface area contributed by atoms with Gasteiger partial charge in [-0.3, -0.25) is 4.79 Å². The minimum Gasteiger partial charge on any atom is -0.493 e. The van der Waals surface area contributed by atoms with Gasteiger partial charge in [0.1, 0.15) is 11.6 Å². The zero-order valence-corrected chi connectivity index (χ0v) is 20.4. The normalized spacial score (nSPS) is 15.0. The Balaban J connectivity index is 1.80. The Morgan fingerprint density at radius 3 is 2.50 bits per heavy atom. The molecule has 2 aromatic rings. The van der Waals surface area contributed by atoms with Crippen molar-refractivity contribution in [2.45, 2.75) is 44.1 Å². The molecule has 0 saturated carbocycles. The standard InChI is InChI=1S/C25H29N3O5S/c1-18(2)33-23-11-10-19(15-24(23)32-3)14-20(17-26)25(29)27-21-8-7-9-22(16-21)34(30,31)28-12-5-4-6-13-28/h7-11,14-16,18H,4-6,12-13H2,1-3H3,(H,27,29)/b20-14+. The molecule has 1 heterocycles. The Morgan fingerprint density at radius 2 is 1.85 bits per heavy atom. The van der Waals surface area contributed by atoms with Crippen LogP contribution in [0.2, 0.25) is 0 Å². The monoisotopic (exact) mass is 483 g/mol. The Morgan fingerprint density at radius 1 is 1.12 bits per heavy atom. The van der Waals surface area contributed by atoms with Crippen LogP contribution in [0.5, 0.6) is 11.5 Å². The maximum absolute atomic E-state index is 12.9. The third kappa shape index (κ3) is 6.16. The van der Waals surface area contributed by atoms with Crippen molar-refractivity contribution in [1.82, 2.24) is 4.31 Å². The van der Waals surface area contributed by atoms with Crippen LogP contribution >= 0.6 is 0 Å². The lowest BCUT2D eigenvalue weighted by atomic mass is 10.1. The molecule has 1 aliphatic heterocycles. The summed E-state index contributed by atoms with van der Waals surface area (Å²) in [4.78, 5) is 12.9. The molecule has 0 unspecified atom stereocenters. The van der Waals surface area contributed by atoms with Crippen LogP contribution in [-0.2, 0) is 14.8 Å². The molecular weight excluding hydrogens is 454 g/mol. The van der Waals surface area contributed by atoms with Gasteiger partial charge in [-0.2, -0.15) is 9.57 Å². The first-order chi connectivity index (χ1) is 16.2. The molecule has 0 aliphatic carbocycles. The van der Waals surface area contributed by atoms with Crippen molar-refractivity contribution in [2.24, 2.45) is 0 Å². The average Bonchev–Trinajstić information content (AvgIpc) is 2.83. The zero-order valence-electron chi connectivity index (χ0n) is 19.6. The third-order valence-electron chi connectivity index (χ3n) is 5.27. The largest absolute Gasteiger partial charge is 0.493 e. The van der Waals surface area contributed by atoms with Crippen LogP contribution in [0.1, 0.15) is 38.7 Å². The van der Waals surface area contributed by atoms with Crippen molar-refractivity contribution in [3.05, 3.63) is 53.6 Å². The lowest BCUT2D eigenvalue weighted by molar-refractivity contribution is -0.112. The van der Waals surface area contributed by atoms with Crippen LogP contribution in [0.15, 0.2) is 52.9 Å². The molecule has 0 bridgehead atoms. The number of methoxy groups -OCH3 is 1. The van der Waals surface area contributed by atoms with Gasteiger partial charge in [-0.25, -0.2) is 8.42 Å². The highest BCUT2D eigenvalue weighted by Crippen LogP contribution is 2.30. The molecule has 9 heteroatoms. The van der Waals surface area contributed by atoms with E-state index in [1.165, 1.54) is 29.6 Å². The lowest BCUT2D eigenvalue weighted by Gasteiger charge is -2.26. The van der Waals surface area contributed by atoms with Gasteiger partial charge in [0.05, 0.1) is 18.1 Å². The van der Waals surface area contributed by atoms with Gasteiger partial charge < -0.3 is 14.8 Å². The number of nitrogens with one attached hydrogen (secondary N) is 1. The molecule has 180 valence electrons. The number of benzene rings is 2. The van der Waals surface area contributed by atoms with E-state index in [-0.39, 0.29) is 16.6 Å². The number of carbonyl (C=O) groups is 1. The SMILES string of the molecule is COc1cc(/C=C(\C#N)C(=O)Nc2cccc(S(=O)(=O)N3CCCCC3)c2)ccc1OC(C)C. The highest BCUT2D eigenvalue weighted by Gasteiger charge is 2.26. The van der Waals surface area contributed by atoms with Crippen molar-refractivity contribution < 1.29 is 22.7 Å². The maximum atomic E-state index is 12.9. The zero-order chi connectivity index (χ0) is 24.7. The van der Waals surface area contributed by atoms with Crippen LogP contribution < -0.4 is 14.8 Å². The van der Waals surface area contributed by atoms with Gasteiger partial charge in [-0.1, -0.05) is 18.6 Å². The summed E-state index contributed by atoms with van der Waals surface area (Å²) in [6, 6.07) is 13.1. The van der Waals surface area contributed by atoms with E-state index in [1.54, 1.807) is 30.3 Å². The first-order valence-corrected chi connectivity index (χ1v) is 12.6. The number of sulfonamides is 1. The van der Waals surface area contributed by atoms with E-state index in [2.05, 4.69) is 5.32 Å². The lowest BCUT2D eigenvalue weighted by Crippen LogP contribution is -2.35. The minimum absolute atomic E-state index is 0.0368. The summed E-state index contributed by atoms with van der Waals surface area (Å²) in [6.45, 7) is 4.78. The van der Waals surface area contributed by atoms with Crippen LogP contribution in [0, 0.1) is 11.3 Å². The number of hydrogen-bond donors (Lipinski definition) is 1. The number of carbonyl (C=O) groups excluding carboxylic acids is 1. The summed E-state index contributed by atoms with van der Waals surface area (Å²) in [5, 5.41) is 12.2. The molecule has 1 amide bonds. The number of rotatable bonds is 8. The van der Waals surface area contributed by atoms with Gasteiger partial charge in [0.25, 0.3) is 5.91 Å². The molecule has 0 spiro atoms. The van der Waals surface area contributed by atoms with Crippen molar-refractivity contribution >= 4 is 27.7 Å². The van der Waals surface area contributed by atoms with Crippen LogP contribution in [0.4, 0.5) is 5.69 Å². The Labute approximate surface area is 200 Å². The molecule has 3 rings (SSSR count). The molecule has 1 N–H and O–H groups in total. The summed E-state index contributed by atoms with van der Waals surface area (Å²) >= 11 is 0. The first kappa shape index (κ1) is 25.3.